The molecule has 0 radical (unpaired) electrons. The van der Waals surface area contributed by atoms with Gasteiger partial charge in [0.05, 0.1) is 18.0 Å². The lowest BCUT2D eigenvalue weighted by atomic mass is 9.69. The maximum absolute atomic E-state index is 12.9. The molecule has 1 atom stereocenters. The second-order valence-corrected chi connectivity index (χ2v) is 11.4. The predicted octanol–water partition coefficient (Wildman–Crippen LogP) is 2.05. The van der Waals surface area contributed by atoms with Crippen LogP contribution < -0.4 is 16.8 Å². The van der Waals surface area contributed by atoms with E-state index < -0.39 is 17.2 Å². The van der Waals surface area contributed by atoms with Crippen LogP contribution >= 0.6 is 0 Å². The topological polar surface area (TPSA) is 184 Å². The van der Waals surface area contributed by atoms with Gasteiger partial charge in [-0.1, -0.05) is 26.0 Å². The Labute approximate surface area is 244 Å². The number of likely N-dealkylation sites (tertiary alicyclic amines) is 1. The number of H-pyrrole nitrogens is 1. The van der Waals surface area contributed by atoms with E-state index in [1.807, 2.05) is 38.1 Å². The zero-order valence-electron chi connectivity index (χ0n) is 23.9. The number of aromatic nitrogens is 3. The molecule has 3 aromatic rings. The molecule has 2 aliphatic rings. The van der Waals surface area contributed by atoms with E-state index in [9.17, 15) is 19.6 Å². The lowest BCUT2D eigenvalue weighted by Gasteiger charge is -2.35. The number of nitrogens with zero attached hydrogens (tertiary/aromatic N) is 4. The molecule has 6 N–H and O–H groups in total. The van der Waals surface area contributed by atoms with Crippen LogP contribution in [0, 0.1) is 11.3 Å². The Balaban J connectivity index is 1.60. The van der Waals surface area contributed by atoms with E-state index in [1.54, 1.807) is 17.0 Å². The van der Waals surface area contributed by atoms with Gasteiger partial charge in [-0.05, 0) is 85.2 Å². The lowest BCUT2D eigenvalue weighted by Crippen LogP contribution is -2.42. The lowest BCUT2D eigenvalue weighted by molar-refractivity contribution is -0.130. The first-order valence-electron chi connectivity index (χ1n) is 14.3. The van der Waals surface area contributed by atoms with Gasteiger partial charge in [-0.2, -0.15) is 5.26 Å². The van der Waals surface area contributed by atoms with Crippen molar-refractivity contribution >= 4 is 17.7 Å². The summed E-state index contributed by atoms with van der Waals surface area (Å²) in [4.78, 5) is 42.3. The summed E-state index contributed by atoms with van der Waals surface area (Å²) in [6, 6.07) is 12.8. The second-order valence-electron chi connectivity index (χ2n) is 11.4. The SMILES string of the molecule is CC(C)c1nnc(C2(CCNCC(=O)N3CCCC3C#N)c3ccc(C(N)=O)cc3CCc3cc(C(N)=O)ccc32)[nH]1. The summed E-state index contributed by atoms with van der Waals surface area (Å²) in [5, 5.41) is 21.8. The molecule has 3 amide bonds. The molecule has 2 aromatic carbocycles. The monoisotopic (exact) mass is 568 g/mol. The standard InChI is InChI=1S/C31H36N8O3/c1-18(2)29-36-30(38-37-29)31(11-12-35-17-26(40)39-13-3-4-23(39)16-32)24-9-7-21(27(33)41)14-19(24)5-6-20-15-22(28(34)42)8-10-25(20)31/h7-10,14-15,18,23,35H,3-6,11-13,17H2,1-2H3,(H2,33,41)(H2,34,42)(H,36,37,38). The maximum atomic E-state index is 12.9. The van der Waals surface area contributed by atoms with Gasteiger partial charge in [-0.25, -0.2) is 0 Å². The number of nitrogens with one attached hydrogen (secondary N) is 2. The number of aromatic amines is 1. The Kier molecular flexibility index (Phi) is 8.09. The molecule has 42 heavy (non-hydrogen) atoms. The fourth-order valence-electron chi connectivity index (χ4n) is 6.30. The summed E-state index contributed by atoms with van der Waals surface area (Å²) in [6.07, 6.45) is 3.22. The molecule has 1 aliphatic carbocycles. The van der Waals surface area contributed by atoms with Crippen LogP contribution in [0.25, 0.3) is 0 Å². The zero-order valence-corrected chi connectivity index (χ0v) is 23.9. The average Bonchev–Trinajstić information content (AvgIpc) is 3.64. The molecule has 5 rings (SSSR count). The molecule has 218 valence electrons. The smallest absolute Gasteiger partial charge is 0.248 e. The van der Waals surface area contributed by atoms with Crippen molar-refractivity contribution in [3.63, 3.8) is 0 Å². The number of hydrogen-bond donors (Lipinski definition) is 4. The van der Waals surface area contributed by atoms with Gasteiger partial charge in [0.15, 0.2) is 0 Å². The van der Waals surface area contributed by atoms with Gasteiger partial charge in [-0.15, -0.1) is 10.2 Å². The summed E-state index contributed by atoms with van der Waals surface area (Å²) in [7, 11) is 0. The number of rotatable bonds is 9. The number of fused-ring (bicyclic) bond motifs is 2. The number of carbonyl (C=O) groups excluding carboxylic acids is 3. The van der Waals surface area contributed by atoms with E-state index >= 15 is 0 Å². The number of amides is 3. The number of hydrogen-bond acceptors (Lipinski definition) is 7. The van der Waals surface area contributed by atoms with Gasteiger partial charge < -0.3 is 26.7 Å². The Bertz CT molecular complexity index is 1500. The molecule has 1 aliphatic heterocycles. The summed E-state index contributed by atoms with van der Waals surface area (Å²) in [5.74, 6) is 0.340. The molecule has 1 aromatic heterocycles. The van der Waals surface area contributed by atoms with E-state index in [1.165, 1.54) is 0 Å². The van der Waals surface area contributed by atoms with E-state index in [4.69, 9.17) is 11.5 Å². The van der Waals surface area contributed by atoms with Crippen LogP contribution in [0.3, 0.4) is 0 Å². The van der Waals surface area contributed by atoms with Crippen molar-refractivity contribution in [3.8, 4) is 6.07 Å². The minimum atomic E-state index is -0.855. The fraction of sp³-hybridized carbons (Fsp3) is 0.419. The fourth-order valence-corrected chi connectivity index (χ4v) is 6.30. The van der Waals surface area contributed by atoms with Crippen molar-refractivity contribution in [2.45, 2.75) is 63.3 Å². The molecule has 11 nitrogen and oxygen atoms in total. The van der Waals surface area contributed by atoms with Crippen LogP contribution in [0.1, 0.15) is 93.6 Å². The first-order chi connectivity index (χ1) is 20.1. The second kappa shape index (κ2) is 11.7. The predicted molar refractivity (Wildman–Crippen MR) is 156 cm³/mol. The summed E-state index contributed by atoms with van der Waals surface area (Å²) in [6.45, 7) is 5.18. The largest absolute Gasteiger partial charge is 0.366 e. The number of benzene rings is 2. The Morgan fingerprint density at radius 3 is 2.21 bits per heavy atom. The highest BCUT2D eigenvalue weighted by Gasteiger charge is 2.44. The molecule has 1 fully saturated rings. The van der Waals surface area contributed by atoms with Crippen LogP contribution in [0.4, 0.5) is 0 Å². The zero-order chi connectivity index (χ0) is 30.0. The van der Waals surface area contributed by atoms with Gasteiger partial charge in [0, 0.05) is 23.6 Å². The minimum absolute atomic E-state index is 0.100. The van der Waals surface area contributed by atoms with Crippen molar-refractivity contribution in [3.05, 3.63) is 81.4 Å². The average molecular weight is 569 g/mol. The molecular weight excluding hydrogens is 532 g/mol. The molecule has 2 heterocycles. The summed E-state index contributed by atoms with van der Waals surface area (Å²) < 4.78 is 0. The Hall–Kier alpha value is -4.56. The third-order valence-electron chi connectivity index (χ3n) is 8.49. The molecular formula is C31H36N8O3. The van der Waals surface area contributed by atoms with Gasteiger partial charge >= 0.3 is 0 Å². The molecule has 0 saturated carbocycles. The van der Waals surface area contributed by atoms with Crippen LogP contribution in [0.2, 0.25) is 0 Å². The maximum Gasteiger partial charge on any atom is 0.248 e. The minimum Gasteiger partial charge on any atom is -0.366 e. The normalized spacial score (nSPS) is 17.3. The van der Waals surface area contributed by atoms with Gasteiger partial charge in [0.2, 0.25) is 17.7 Å². The number of nitriles is 1. The van der Waals surface area contributed by atoms with Crippen molar-refractivity contribution < 1.29 is 14.4 Å². The number of carbonyl (C=O) groups is 3. The van der Waals surface area contributed by atoms with Crippen LogP contribution in [0.5, 0.6) is 0 Å². The molecule has 1 saturated heterocycles. The number of aryl methyl sites for hydroxylation is 2. The quantitative estimate of drug-likeness (QED) is 0.285. The third kappa shape index (κ3) is 5.25. The van der Waals surface area contributed by atoms with Crippen LogP contribution in [0.15, 0.2) is 36.4 Å². The van der Waals surface area contributed by atoms with Crippen molar-refractivity contribution in [1.29, 1.82) is 5.26 Å². The summed E-state index contributed by atoms with van der Waals surface area (Å²) in [5.41, 5.74) is 15.0. The van der Waals surface area contributed by atoms with Crippen molar-refractivity contribution in [2.24, 2.45) is 11.5 Å². The molecule has 11 heteroatoms. The van der Waals surface area contributed by atoms with Crippen LogP contribution in [-0.4, -0.2) is 63.5 Å². The van der Waals surface area contributed by atoms with Crippen molar-refractivity contribution in [1.82, 2.24) is 25.4 Å². The van der Waals surface area contributed by atoms with E-state index in [2.05, 4.69) is 26.6 Å². The Morgan fingerprint density at radius 2 is 1.69 bits per heavy atom. The number of nitrogens with two attached hydrogens (primary N) is 2. The van der Waals surface area contributed by atoms with E-state index in [0.29, 0.717) is 55.7 Å². The van der Waals surface area contributed by atoms with Crippen LogP contribution in [-0.2, 0) is 23.1 Å². The van der Waals surface area contributed by atoms with E-state index in [0.717, 1.165) is 34.5 Å². The highest BCUT2D eigenvalue weighted by molar-refractivity contribution is 5.94. The van der Waals surface area contributed by atoms with Crippen molar-refractivity contribution in [2.75, 3.05) is 19.6 Å². The molecule has 0 spiro atoms. The first kappa shape index (κ1) is 29.0. The van der Waals surface area contributed by atoms with Gasteiger partial charge in [0.1, 0.15) is 17.7 Å². The van der Waals surface area contributed by atoms with E-state index in [-0.39, 0.29) is 24.4 Å². The van der Waals surface area contributed by atoms with Gasteiger partial charge in [0.25, 0.3) is 0 Å². The number of primary amides is 2. The first-order valence-corrected chi connectivity index (χ1v) is 14.3. The Morgan fingerprint density at radius 1 is 1.07 bits per heavy atom. The highest BCUT2D eigenvalue weighted by atomic mass is 16.2. The third-order valence-corrected chi connectivity index (χ3v) is 8.49. The molecule has 1 unspecified atom stereocenters. The summed E-state index contributed by atoms with van der Waals surface area (Å²) >= 11 is 0. The van der Waals surface area contributed by atoms with Gasteiger partial charge in [-0.3, -0.25) is 14.4 Å². The highest BCUT2D eigenvalue weighted by Crippen LogP contribution is 2.46. The molecule has 0 bridgehead atoms.